The number of thioether (sulfide) groups is 2. The highest BCUT2D eigenvalue weighted by Crippen LogP contribution is 2.61. The van der Waals surface area contributed by atoms with Gasteiger partial charge in [0.2, 0.25) is 0 Å². The highest BCUT2D eigenvalue weighted by molar-refractivity contribution is 9.10. The van der Waals surface area contributed by atoms with Crippen molar-refractivity contribution in [2.75, 3.05) is 0 Å². The van der Waals surface area contributed by atoms with Crippen molar-refractivity contribution in [3.63, 3.8) is 0 Å². The van der Waals surface area contributed by atoms with Crippen molar-refractivity contribution >= 4 is 80.9 Å². The number of halogens is 1. The highest BCUT2D eigenvalue weighted by Gasteiger charge is 2.70. The van der Waals surface area contributed by atoms with Gasteiger partial charge in [0, 0.05) is 78.3 Å². The maximum Gasteiger partial charge on any atom is 0.355 e. The van der Waals surface area contributed by atoms with Crippen LogP contribution in [0.15, 0.2) is 52.0 Å². The number of aromatic nitrogens is 4. The molecule has 4 aliphatic carbocycles. The number of hydrogen-bond donors (Lipinski definition) is 1. The first kappa shape index (κ1) is 39.9. The van der Waals surface area contributed by atoms with E-state index in [9.17, 15) is 34.1 Å². The molecule has 4 fully saturated rings. The molecule has 4 aliphatic heterocycles. The molecule has 0 spiro atoms. The number of nitro groups is 1. The van der Waals surface area contributed by atoms with Crippen molar-refractivity contribution in [3.8, 4) is 0 Å². The van der Waals surface area contributed by atoms with Gasteiger partial charge in [-0.15, -0.1) is 23.5 Å². The van der Waals surface area contributed by atoms with Crippen molar-refractivity contribution in [1.82, 2.24) is 29.4 Å². The number of non-ortho nitro benzene ring substituents is 1. The summed E-state index contributed by atoms with van der Waals surface area (Å²) in [4.78, 5) is 75.2. The third-order valence-corrected chi connectivity index (χ3v) is 16.9. The summed E-state index contributed by atoms with van der Waals surface area (Å²) < 4.78 is 13.7. The number of ether oxygens (including phenoxy) is 2. The first-order chi connectivity index (χ1) is 29.2. The Morgan fingerprint density at radius 3 is 2.23 bits per heavy atom. The smallest absolute Gasteiger partial charge is 0.355 e. The lowest BCUT2D eigenvalue weighted by molar-refractivity contribution is -0.384. The standard InChI is InChI=1S/C25H23BrN4O7S.C16H15N3O3S/c1-12(31)37-21(19-18-14-5-6-15(9-14)20(18)28(2)27-19)25(26)23(33)29-17(11-38-24(25)29)22(32)36-10-13-3-7-16(8-4-13)30(34)35;1-18-13-8-3-2-7(4-8)12(13)10(17-18)5-9-14(20)19-11(16(21)22)6-23-15(9)19/h3-4,7-8,11,14-15,21,24H,5-6,9-10H2,1-2H3;5-8,15H,2-4H2,1H3,(H,21,22)/b;9-5-/t14?,15?,21?,24-,25?;7?,8?,15-/m11/s1. The maximum atomic E-state index is 13.6. The molecule has 6 heterocycles. The van der Waals surface area contributed by atoms with E-state index in [0.717, 1.165) is 36.2 Å². The number of β-lactam (4-membered cyclic amide) rings is 2. The predicted molar refractivity (Wildman–Crippen MR) is 222 cm³/mol. The second-order valence-corrected chi connectivity index (χ2v) is 19.7. The van der Waals surface area contributed by atoms with Gasteiger partial charge in [-0.3, -0.25) is 43.7 Å². The summed E-state index contributed by atoms with van der Waals surface area (Å²) in [5, 5.41) is 31.7. The molecule has 3 aromatic rings. The zero-order valence-electron chi connectivity index (χ0n) is 33.0. The number of esters is 2. The molecule has 8 aliphatic rings. The molecule has 8 atom stereocenters. The molecule has 11 rings (SSSR count). The second-order valence-electron chi connectivity index (χ2n) is 16.5. The minimum absolute atomic E-state index is 0.0635. The molecule has 2 saturated carbocycles. The molecule has 61 heavy (non-hydrogen) atoms. The Bertz CT molecular complexity index is 2600. The molecule has 316 valence electrons. The number of aliphatic carboxylic acids is 1. The number of rotatable bonds is 9. The molecule has 17 nitrogen and oxygen atoms in total. The van der Waals surface area contributed by atoms with Crippen LogP contribution in [0, 0.1) is 10.1 Å². The quantitative estimate of drug-likeness (QED) is 0.0658. The summed E-state index contributed by atoms with van der Waals surface area (Å²) in [5.41, 5.74) is 7.73. The topological polar surface area (TPSA) is 209 Å². The lowest BCUT2D eigenvalue weighted by atomic mass is 9.85. The van der Waals surface area contributed by atoms with Gasteiger partial charge in [0.05, 0.1) is 16.2 Å². The molecule has 1 N–H and O–H groups in total. The lowest BCUT2D eigenvalue weighted by Gasteiger charge is -2.51. The fourth-order valence-corrected chi connectivity index (χ4v) is 14.0. The average molecular weight is 933 g/mol. The van der Waals surface area contributed by atoms with Crippen LogP contribution in [0.3, 0.4) is 0 Å². The maximum absolute atomic E-state index is 13.6. The van der Waals surface area contributed by atoms with Crippen LogP contribution in [0.2, 0.25) is 0 Å². The molecule has 1 aromatic carbocycles. The molecule has 20 heteroatoms. The van der Waals surface area contributed by atoms with E-state index in [1.165, 1.54) is 95.0 Å². The van der Waals surface area contributed by atoms with Crippen LogP contribution in [-0.4, -0.2) is 84.2 Å². The average Bonchev–Trinajstić information content (AvgIpc) is 4.10. The molecule has 0 radical (unpaired) electrons. The number of alkyl halides is 1. The minimum atomic E-state index is -1.30. The fourth-order valence-electron chi connectivity index (χ4n) is 10.6. The summed E-state index contributed by atoms with van der Waals surface area (Å²) in [7, 11) is 3.86. The Morgan fingerprint density at radius 1 is 0.951 bits per heavy atom. The Morgan fingerprint density at radius 2 is 1.57 bits per heavy atom. The van der Waals surface area contributed by atoms with Crippen molar-refractivity contribution in [2.24, 2.45) is 14.1 Å². The van der Waals surface area contributed by atoms with Crippen LogP contribution < -0.4 is 0 Å². The number of nitrogens with zero attached hydrogens (tertiary/aromatic N) is 7. The van der Waals surface area contributed by atoms with Crippen molar-refractivity contribution in [2.45, 2.75) is 96.9 Å². The Balaban J connectivity index is 0.000000164. The molecule has 6 unspecified atom stereocenters. The van der Waals surface area contributed by atoms with Gasteiger partial charge in [0.25, 0.3) is 17.5 Å². The number of hydrogen-bond acceptors (Lipinski definition) is 13. The van der Waals surface area contributed by atoms with Gasteiger partial charge in [-0.05, 0) is 74.1 Å². The first-order valence-electron chi connectivity index (χ1n) is 19.9. The van der Waals surface area contributed by atoms with E-state index >= 15 is 0 Å². The van der Waals surface area contributed by atoms with Gasteiger partial charge in [-0.1, -0.05) is 15.9 Å². The summed E-state index contributed by atoms with van der Waals surface area (Å²) >= 11 is 6.27. The number of amides is 2. The summed E-state index contributed by atoms with van der Waals surface area (Å²) in [6.45, 7) is 1.20. The molecule has 2 aromatic heterocycles. The fraction of sp³-hybridized carbons (Fsp3) is 0.439. The van der Waals surface area contributed by atoms with Gasteiger partial charge < -0.3 is 14.6 Å². The highest BCUT2D eigenvalue weighted by atomic mass is 79.9. The Hall–Kier alpha value is -5.21. The monoisotopic (exact) mass is 931 g/mol. The van der Waals surface area contributed by atoms with Crippen molar-refractivity contribution in [1.29, 1.82) is 0 Å². The van der Waals surface area contributed by atoms with Crippen LogP contribution in [-0.2, 0) is 54.1 Å². The van der Waals surface area contributed by atoms with Crippen LogP contribution in [0.4, 0.5) is 5.69 Å². The van der Waals surface area contributed by atoms with Crippen LogP contribution >= 0.6 is 39.5 Å². The lowest BCUT2D eigenvalue weighted by Crippen LogP contribution is -2.70. The molecule has 4 bridgehead atoms. The minimum Gasteiger partial charge on any atom is -0.477 e. The SMILES string of the molecule is CC(=O)OC(c1nn(C)c2c1C1CCC2C1)C1(Br)C(=O)N2C(C(=O)OCc3ccc([N+](=O)[O-])cc3)=CS[C@@H]21.Cn1nc(/C=C2/C(=O)N3C(C(=O)O)=CS[C@H]23)c2c1C1CCC2C1. The van der Waals surface area contributed by atoms with Crippen LogP contribution in [0.25, 0.3) is 6.08 Å². The summed E-state index contributed by atoms with van der Waals surface area (Å²) in [6, 6.07) is 5.67. The third kappa shape index (κ3) is 5.98. The van der Waals surface area contributed by atoms with Gasteiger partial charge in [0.15, 0.2) is 10.4 Å². The molecular formula is C41H38BrN7O10S2. The summed E-state index contributed by atoms with van der Waals surface area (Å²) in [6.07, 6.45) is 7.78. The van der Waals surface area contributed by atoms with Gasteiger partial charge >= 0.3 is 17.9 Å². The molecular weight excluding hydrogens is 895 g/mol. The Labute approximate surface area is 364 Å². The second kappa shape index (κ2) is 14.4. The third-order valence-electron chi connectivity index (χ3n) is 13.2. The van der Waals surface area contributed by atoms with Crippen LogP contribution in [0.5, 0.6) is 0 Å². The van der Waals surface area contributed by atoms with Crippen molar-refractivity contribution < 1.29 is 43.5 Å². The first-order valence-corrected chi connectivity index (χ1v) is 22.6. The van der Waals surface area contributed by atoms with Gasteiger partial charge in [-0.25, -0.2) is 9.59 Å². The zero-order valence-corrected chi connectivity index (χ0v) is 36.2. The van der Waals surface area contributed by atoms with E-state index in [1.54, 1.807) is 10.8 Å². The number of aryl methyl sites for hydroxylation is 2. The molecule has 2 saturated heterocycles. The number of carboxylic acid groups (broad SMARTS) is 1. The number of nitro benzene ring substituents is 1. The number of carbonyl (C=O) groups excluding carboxylic acids is 4. The number of fused-ring (bicyclic) bond motifs is 12. The van der Waals surface area contributed by atoms with Gasteiger partial charge in [0.1, 0.15) is 34.4 Å². The van der Waals surface area contributed by atoms with E-state index in [2.05, 4.69) is 21.0 Å². The number of benzene rings is 1. The summed E-state index contributed by atoms with van der Waals surface area (Å²) in [5.74, 6) is -0.945. The molecule has 2 amide bonds. The van der Waals surface area contributed by atoms with E-state index in [-0.39, 0.29) is 35.0 Å². The normalized spacial score (nSPS) is 29.1. The van der Waals surface area contributed by atoms with Crippen LogP contribution in [0.1, 0.15) is 115 Å². The van der Waals surface area contributed by atoms with E-state index in [0.29, 0.717) is 40.5 Å². The van der Waals surface area contributed by atoms with Crippen molar-refractivity contribution in [3.05, 3.63) is 102 Å². The predicted octanol–water partition coefficient (Wildman–Crippen LogP) is 5.94. The number of carboxylic acids is 1. The van der Waals surface area contributed by atoms with Gasteiger partial charge in [-0.2, -0.15) is 10.2 Å². The largest absolute Gasteiger partial charge is 0.477 e. The van der Waals surface area contributed by atoms with E-state index in [4.69, 9.17) is 19.7 Å². The number of carbonyl (C=O) groups is 5. The Kier molecular flexibility index (Phi) is 9.44. The van der Waals surface area contributed by atoms with E-state index in [1.807, 2.05) is 29.5 Å². The zero-order chi connectivity index (χ0) is 42.8. The van der Waals surface area contributed by atoms with E-state index < -0.39 is 44.5 Å².